The van der Waals surface area contributed by atoms with Crippen LogP contribution >= 0.6 is 0 Å². The van der Waals surface area contributed by atoms with E-state index in [1.54, 1.807) is 18.3 Å². The lowest BCUT2D eigenvalue weighted by molar-refractivity contribution is -0.112. The van der Waals surface area contributed by atoms with E-state index in [0.29, 0.717) is 6.42 Å². The van der Waals surface area contributed by atoms with Gasteiger partial charge in [-0.15, -0.1) is 0 Å². The molecule has 0 bridgehead atoms. The highest BCUT2D eigenvalue weighted by Crippen LogP contribution is 2.37. The second-order valence-electron chi connectivity index (χ2n) is 7.44. The van der Waals surface area contributed by atoms with E-state index in [4.69, 9.17) is 0 Å². The summed E-state index contributed by atoms with van der Waals surface area (Å²) in [5.74, 6) is -0.595. The summed E-state index contributed by atoms with van der Waals surface area (Å²) in [7, 11) is 0. The zero-order chi connectivity index (χ0) is 19.8. The Bertz CT molecular complexity index is 1140. The summed E-state index contributed by atoms with van der Waals surface area (Å²) in [4.78, 5) is 11.4. The van der Waals surface area contributed by atoms with Gasteiger partial charge in [-0.25, -0.2) is 4.39 Å². The minimum atomic E-state index is -0.470. The Morgan fingerprint density at radius 1 is 1.25 bits per heavy atom. The van der Waals surface area contributed by atoms with Crippen LogP contribution in [0.4, 0.5) is 4.39 Å². The minimum Gasteiger partial charge on any atom is -0.396 e. The normalized spacial score (nSPS) is 12.9. The number of nitrogens with zero attached hydrogens (tertiary/aromatic N) is 2. The average Bonchev–Trinajstić information content (AvgIpc) is 3.27. The van der Waals surface area contributed by atoms with Gasteiger partial charge >= 0.3 is 0 Å². The fourth-order valence-corrected chi connectivity index (χ4v) is 3.92. The highest BCUT2D eigenvalue weighted by molar-refractivity contribution is 5.98. The molecule has 5 nitrogen and oxygen atoms in total. The third kappa shape index (κ3) is 2.99. The molecule has 28 heavy (non-hydrogen) atoms. The molecule has 6 heteroatoms. The number of aldehydes is 1. The fourth-order valence-electron chi connectivity index (χ4n) is 3.92. The summed E-state index contributed by atoms with van der Waals surface area (Å²) >= 11 is 0. The number of H-pyrrole nitrogens is 1. The van der Waals surface area contributed by atoms with Gasteiger partial charge in [0.15, 0.2) is 0 Å². The van der Waals surface area contributed by atoms with Gasteiger partial charge in [0.1, 0.15) is 12.1 Å². The van der Waals surface area contributed by atoms with E-state index in [1.165, 1.54) is 12.1 Å². The van der Waals surface area contributed by atoms with Gasteiger partial charge in [-0.05, 0) is 54.3 Å². The van der Waals surface area contributed by atoms with Crippen molar-refractivity contribution in [2.45, 2.75) is 26.2 Å². The average molecular weight is 379 g/mol. The number of aromatic nitrogens is 3. The van der Waals surface area contributed by atoms with Crippen LogP contribution in [0.1, 0.15) is 31.0 Å². The summed E-state index contributed by atoms with van der Waals surface area (Å²) in [5, 5.41) is 18.7. The maximum Gasteiger partial charge on any atom is 0.125 e. The van der Waals surface area contributed by atoms with Crippen LogP contribution in [0.15, 0.2) is 42.6 Å². The maximum absolute atomic E-state index is 13.5. The Morgan fingerprint density at radius 2 is 2.00 bits per heavy atom. The van der Waals surface area contributed by atoms with Gasteiger partial charge < -0.3 is 14.5 Å². The third-order valence-electron chi connectivity index (χ3n) is 5.20. The lowest BCUT2D eigenvalue weighted by atomic mass is 9.94. The van der Waals surface area contributed by atoms with E-state index in [2.05, 4.69) is 34.7 Å². The summed E-state index contributed by atoms with van der Waals surface area (Å²) in [6.45, 7) is 4.00. The predicted octanol–water partition coefficient (Wildman–Crippen LogP) is 4.12. The van der Waals surface area contributed by atoms with E-state index in [-0.39, 0.29) is 18.3 Å². The molecular formula is C22H22FN3O2. The maximum atomic E-state index is 13.5. The zero-order valence-corrected chi connectivity index (χ0v) is 15.8. The topological polar surface area (TPSA) is 70.9 Å². The Hall–Kier alpha value is -2.99. The van der Waals surface area contributed by atoms with E-state index >= 15 is 0 Å². The van der Waals surface area contributed by atoms with Crippen molar-refractivity contribution < 1.29 is 14.3 Å². The van der Waals surface area contributed by atoms with Crippen LogP contribution < -0.4 is 0 Å². The molecule has 0 amide bonds. The molecule has 0 saturated heterocycles. The SMILES string of the molecule is CC(C)c1c(CC(C=O)CO)c2cc3[nH]ncc3cc2n1-c1ccc(F)cc1. The molecule has 0 spiro atoms. The van der Waals surface area contributed by atoms with E-state index < -0.39 is 5.92 Å². The molecule has 0 fully saturated rings. The number of halogens is 1. The fraction of sp³-hybridized carbons (Fsp3) is 0.273. The monoisotopic (exact) mass is 379 g/mol. The van der Waals surface area contributed by atoms with Crippen molar-refractivity contribution in [3.8, 4) is 5.69 Å². The molecule has 4 rings (SSSR count). The minimum absolute atomic E-state index is 0.162. The van der Waals surface area contributed by atoms with Crippen LogP contribution in [0.25, 0.3) is 27.5 Å². The number of aromatic amines is 1. The quantitative estimate of drug-likeness (QED) is 0.495. The number of fused-ring (bicyclic) bond motifs is 2. The van der Waals surface area contributed by atoms with Gasteiger partial charge in [-0.1, -0.05) is 13.8 Å². The van der Waals surface area contributed by atoms with Gasteiger partial charge in [-0.2, -0.15) is 5.10 Å². The summed E-state index contributed by atoms with van der Waals surface area (Å²) in [6, 6.07) is 10.5. The van der Waals surface area contributed by atoms with Crippen LogP contribution in [0.5, 0.6) is 0 Å². The van der Waals surface area contributed by atoms with Crippen LogP contribution in [-0.2, 0) is 11.2 Å². The molecule has 4 aromatic rings. The van der Waals surface area contributed by atoms with Crippen LogP contribution in [0.2, 0.25) is 0 Å². The number of hydrogen-bond acceptors (Lipinski definition) is 3. The second-order valence-corrected chi connectivity index (χ2v) is 7.44. The van der Waals surface area contributed by atoms with Crippen molar-refractivity contribution in [1.29, 1.82) is 0 Å². The molecule has 0 aliphatic heterocycles. The molecule has 0 radical (unpaired) electrons. The van der Waals surface area contributed by atoms with Crippen molar-refractivity contribution in [2.24, 2.45) is 5.92 Å². The molecule has 2 aromatic carbocycles. The lowest BCUT2D eigenvalue weighted by Gasteiger charge is -2.16. The molecule has 0 aliphatic rings. The van der Waals surface area contributed by atoms with Crippen molar-refractivity contribution >= 4 is 28.1 Å². The molecular weight excluding hydrogens is 357 g/mol. The van der Waals surface area contributed by atoms with Crippen molar-refractivity contribution in [1.82, 2.24) is 14.8 Å². The number of aliphatic hydroxyl groups is 1. The number of benzene rings is 2. The van der Waals surface area contributed by atoms with Crippen molar-refractivity contribution in [3.05, 3.63) is 59.7 Å². The third-order valence-corrected chi connectivity index (χ3v) is 5.20. The van der Waals surface area contributed by atoms with Crippen LogP contribution in [-0.4, -0.2) is 32.8 Å². The summed E-state index contributed by atoms with van der Waals surface area (Å²) in [6.07, 6.45) is 3.02. The molecule has 0 saturated carbocycles. The molecule has 2 N–H and O–H groups in total. The Labute approximate surface area is 161 Å². The van der Waals surface area contributed by atoms with Crippen molar-refractivity contribution in [2.75, 3.05) is 6.61 Å². The number of aliphatic hydroxyl groups excluding tert-OH is 1. The zero-order valence-electron chi connectivity index (χ0n) is 15.8. The number of rotatable bonds is 6. The van der Waals surface area contributed by atoms with E-state index in [9.17, 15) is 14.3 Å². The van der Waals surface area contributed by atoms with Crippen molar-refractivity contribution in [3.63, 3.8) is 0 Å². The number of hydrogen-bond donors (Lipinski definition) is 2. The first-order valence-electron chi connectivity index (χ1n) is 9.36. The van der Waals surface area contributed by atoms with E-state index in [1.807, 2.05) is 6.07 Å². The Morgan fingerprint density at radius 3 is 2.64 bits per heavy atom. The van der Waals surface area contributed by atoms with Gasteiger partial charge in [0, 0.05) is 28.1 Å². The first-order chi connectivity index (χ1) is 13.5. The second kappa shape index (κ2) is 7.20. The molecule has 0 aliphatic carbocycles. The lowest BCUT2D eigenvalue weighted by Crippen LogP contribution is -2.13. The molecule has 144 valence electrons. The standard InChI is InChI=1S/C22H22FN3O2/c1-13(2)22-19(7-14(11-27)12-28)18-9-20-15(10-24-25-20)8-21(18)26(22)17-5-3-16(23)4-6-17/h3-6,8-11,13-14,28H,7,12H2,1-2H3,(H,24,25). The largest absolute Gasteiger partial charge is 0.396 e. The molecule has 1 unspecified atom stereocenters. The Kier molecular flexibility index (Phi) is 4.73. The summed E-state index contributed by atoms with van der Waals surface area (Å²) in [5.41, 5.74) is 4.82. The molecule has 2 heterocycles. The van der Waals surface area contributed by atoms with Gasteiger partial charge in [0.25, 0.3) is 0 Å². The smallest absolute Gasteiger partial charge is 0.125 e. The highest BCUT2D eigenvalue weighted by atomic mass is 19.1. The highest BCUT2D eigenvalue weighted by Gasteiger charge is 2.23. The Balaban J connectivity index is 2.08. The van der Waals surface area contributed by atoms with E-state index in [0.717, 1.165) is 45.0 Å². The number of carbonyl (C=O) groups is 1. The number of nitrogens with one attached hydrogen (secondary N) is 1. The van der Waals surface area contributed by atoms with Gasteiger partial charge in [-0.3, -0.25) is 5.10 Å². The predicted molar refractivity (Wildman–Crippen MR) is 107 cm³/mol. The van der Waals surface area contributed by atoms with Gasteiger partial charge in [0.05, 0.1) is 23.8 Å². The summed E-state index contributed by atoms with van der Waals surface area (Å²) < 4.78 is 15.6. The molecule has 1 atom stereocenters. The molecule has 2 aromatic heterocycles. The first kappa shape index (κ1) is 18.4. The van der Waals surface area contributed by atoms with Crippen LogP contribution in [0.3, 0.4) is 0 Å². The number of carbonyl (C=O) groups excluding carboxylic acids is 1. The van der Waals surface area contributed by atoms with Gasteiger partial charge in [0.2, 0.25) is 0 Å². The van der Waals surface area contributed by atoms with Crippen LogP contribution in [0, 0.1) is 11.7 Å². The first-order valence-corrected chi connectivity index (χ1v) is 9.36.